The molecule has 5 nitrogen and oxygen atoms in total. The molecule has 1 amide bonds. The molecule has 2 aliphatic rings. The third kappa shape index (κ3) is 5.03. The Balaban J connectivity index is 1.59. The molecule has 1 heterocycles. The van der Waals surface area contributed by atoms with Crippen LogP contribution >= 0.6 is 0 Å². The number of hydrogen-bond acceptors (Lipinski definition) is 4. The number of likely N-dealkylation sites (tertiary alicyclic amines) is 1. The van der Waals surface area contributed by atoms with Crippen LogP contribution in [0.2, 0.25) is 0 Å². The highest BCUT2D eigenvalue weighted by molar-refractivity contribution is 6.09. The van der Waals surface area contributed by atoms with Gasteiger partial charge in [-0.1, -0.05) is 36.4 Å². The van der Waals surface area contributed by atoms with Crippen LogP contribution in [-0.4, -0.2) is 35.3 Å². The fourth-order valence-electron chi connectivity index (χ4n) is 3.79. The summed E-state index contributed by atoms with van der Waals surface area (Å²) in [7, 11) is 0. The van der Waals surface area contributed by atoms with E-state index >= 15 is 0 Å². The molecule has 1 aliphatic carbocycles. The van der Waals surface area contributed by atoms with Crippen LogP contribution in [0.15, 0.2) is 59.2 Å². The first-order valence-electron chi connectivity index (χ1n) is 9.96. The van der Waals surface area contributed by atoms with Gasteiger partial charge in [0.2, 0.25) is 0 Å². The molecule has 0 radical (unpaired) electrons. The van der Waals surface area contributed by atoms with Gasteiger partial charge in [-0.3, -0.25) is 4.99 Å². The van der Waals surface area contributed by atoms with E-state index in [4.69, 9.17) is 15.5 Å². The van der Waals surface area contributed by atoms with Crippen LogP contribution in [0.25, 0.3) is 0 Å². The predicted molar refractivity (Wildman–Crippen MR) is 113 cm³/mol. The number of allylic oxidation sites excluding steroid dienone is 3. The van der Waals surface area contributed by atoms with Gasteiger partial charge in [0.15, 0.2) is 0 Å². The number of amides is 1. The zero-order chi connectivity index (χ0) is 20.2. The molecule has 1 saturated heterocycles. The van der Waals surface area contributed by atoms with Crippen molar-refractivity contribution in [2.75, 3.05) is 13.1 Å². The lowest BCUT2D eigenvalue weighted by Crippen LogP contribution is -2.44. The number of rotatable bonds is 2. The van der Waals surface area contributed by atoms with Gasteiger partial charge >= 0.3 is 6.09 Å². The number of carbonyl (C=O) groups excluding carboxylic acids is 1. The van der Waals surface area contributed by atoms with E-state index in [1.54, 1.807) is 6.20 Å². The third-order valence-electron chi connectivity index (χ3n) is 5.35. The van der Waals surface area contributed by atoms with Gasteiger partial charge in [0.25, 0.3) is 0 Å². The number of piperidine rings is 1. The number of nitrogens with zero attached hydrogens (tertiary/aromatic N) is 2. The van der Waals surface area contributed by atoms with Crippen molar-refractivity contribution in [3.8, 4) is 0 Å². The lowest BCUT2D eigenvalue weighted by atomic mass is 9.70. The van der Waals surface area contributed by atoms with E-state index < -0.39 is 0 Å². The Hall–Kier alpha value is -2.56. The van der Waals surface area contributed by atoms with Gasteiger partial charge in [-0.25, -0.2) is 4.79 Å². The molecule has 0 unspecified atom stereocenters. The summed E-state index contributed by atoms with van der Waals surface area (Å²) in [5, 5.41) is 0. The van der Waals surface area contributed by atoms with E-state index in [0.29, 0.717) is 19.7 Å². The molecule has 0 aromatic heterocycles. The molecule has 1 aromatic rings. The highest BCUT2D eigenvalue weighted by Crippen LogP contribution is 2.42. The topological polar surface area (TPSA) is 67.9 Å². The molecule has 0 bridgehead atoms. The highest BCUT2D eigenvalue weighted by Gasteiger charge is 2.37. The quantitative estimate of drug-likeness (QED) is 0.823. The second kappa shape index (κ2) is 8.21. The lowest BCUT2D eigenvalue weighted by Gasteiger charge is -2.42. The SMILES string of the molecule is CC(C)(C)N=C1C=CC2(CCN(C(=O)OCc3ccccc3)CC2)CC1=CN. The van der Waals surface area contributed by atoms with Gasteiger partial charge in [0.05, 0.1) is 11.3 Å². The van der Waals surface area contributed by atoms with Crippen LogP contribution < -0.4 is 5.73 Å². The average Bonchev–Trinajstić information content (AvgIpc) is 2.68. The summed E-state index contributed by atoms with van der Waals surface area (Å²) >= 11 is 0. The first kappa shape index (κ1) is 20.2. The maximum Gasteiger partial charge on any atom is 0.410 e. The largest absolute Gasteiger partial charge is 0.445 e. The minimum absolute atomic E-state index is 0.0539. The highest BCUT2D eigenvalue weighted by atomic mass is 16.6. The third-order valence-corrected chi connectivity index (χ3v) is 5.35. The molecule has 0 atom stereocenters. The summed E-state index contributed by atoms with van der Waals surface area (Å²) in [5.41, 5.74) is 8.91. The van der Waals surface area contributed by atoms with Crippen LogP contribution in [0.1, 0.15) is 45.6 Å². The molecule has 0 saturated carbocycles. The van der Waals surface area contributed by atoms with Crippen molar-refractivity contribution in [1.82, 2.24) is 4.90 Å². The average molecular weight is 382 g/mol. The van der Waals surface area contributed by atoms with Crippen molar-refractivity contribution in [2.24, 2.45) is 16.1 Å². The fourth-order valence-corrected chi connectivity index (χ4v) is 3.79. The van der Waals surface area contributed by atoms with Crippen LogP contribution in [-0.2, 0) is 11.3 Å². The Morgan fingerprint density at radius 1 is 1.25 bits per heavy atom. The Bertz CT molecular complexity index is 780. The molecular weight excluding hydrogens is 350 g/mol. The maximum absolute atomic E-state index is 12.4. The number of nitrogens with two attached hydrogens (primary N) is 1. The summed E-state index contributed by atoms with van der Waals surface area (Å²) in [5.74, 6) is 0. The van der Waals surface area contributed by atoms with E-state index in [0.717, 1.165) is 36.1 Å². The second-order valence-electron chi connectivity index (χ2n) is 8.76. The van der Waals surface area contributed by atoms with Gasteiger partial charge in [-0.05, 0) is 68.9 Å². The molecule has 1 aromatic carbocycles. The van der Waals surface area contributed by atoms with Crippen LogP contribution in [0, 0.1) is 5.41 Å². The normalized spacial score (nSPS) is 22.0. The van der Waals surface area contributed by atoms with Crippen LogP contribution in [0.3, 0.4) is 0 Å². The first-order chi connectivity index (χ1) is 13.3. The maximum atomic E-state index is 12.4. The Kier molecular flexibility index (Phi) is 5.92. The Labute approximate surface area is 168 Å². The van der Waals surface area contributed by atoms with Crippen LogP contribution in [0.4, 0.5) is 4.79 Å². The molecule has 28 heavy (non-hydrogen) atoms. The van der Waals surface area contributed by atoms with Crippen molar-refractivity contribution in [1.29, 1.82) is 0 Å². The fraction of sp³-hybridized carbons (Fsp3) is 0.478. The number of ether oxygens (including phenoxy) is 1. The standard InChI is InChI=1S/C23H31N3O2/c1-22(2,3)25-20-9-10-23(15-19(20)16-24)11-13-26(14-12-23)21(27)28-17-18-7-5-4-6-8-18/h4-10,16H,11-15,17,24H2,1-3H3. The summed E-state index contributed by atoms with van der Waals surface area (Å²) in [6.45, 7) is 7.97. The summed E-state index contributed by atoms with van der Waals surface area (Å²) in [6, 6.07) is 9.77. The zero-order valence-corrected chi connectivity index (χ0v) is 17.1. The minimum Gasteiger partial charge on any atom is -0.445 e. The van der Waals surface area contributed by atoms with E-state index in [1.165, 1.54) is 0 Å². The molecule has 2 N–H and O–H groups in total. The number of aliphatic imine (C=N–C) groups is 1. The minimum atomic E-state index is -0.233. The van der Waals surface area contributed by atoms with Gasteiger partial charge in [0.1, 0.15) is 6.61 Å². The number of hydrogen-bond donors (Lipinski definition) is 1. The Morgan fingerprint density at radius 3 is 2.54 bits per heavy atom. The van der Waals surface area contributed by atoms with E-state index in [-0.39, 0.29) is 17.0 Å². The molecule has 1 aliphatic heterocycles. The monoisotopic (exact) mass is 381 g/mol. The van der Waals surface area contributed by atoms with Crippen molar-refractivity contribution in [3.63, 3.8) is 0 Å². The first-order valence-corrected chi connectivity index (χ1v) is 9.96. The summed E-state index contributed by atoms with van der Waals surface area (Å²) < 4.78 is 5.48. The smallest absolute Gasteiger partial charge is 0.410 e. The predicted octanol–water partition coefficient (Wildman–Crippen LogP) is 4.45. The molecule has 5 heteroatoms. The van der Waals surface area contributed by atoms with E-state index in [9.17, 15) is 4.79 Å². The summed E-state index contributed by atoms with van der Waals surface area (Å²) in [4.78, 5) is 19.0. The molecule has 1 fully saturated rings. The Morgan fingerprint density at radius 2 is 1.93 bits per heavy atom. The van der Waals surface area contributed by atoms with Gasteiger partial charge in [-0.2, -0.15) is 0 Å². The molecule has 150 valence electrons. The molecule has 3 rings (SSSR count). The zero-order valence-electron chi connectivity index (χ0n) is 17.1. The molecular formula is C23H31N3O2. The van der Waals surface area contributed by atoms with Gasteiger partial charge in [0, 0.05) is 13.1 Å². The summed E-state index contributed by atoms with van der Waals surface area (Å²) in [6.07, 6.45) is 8.53. The van der Waals surface area contributed by atoms with Crippen molar-refractivity contribution < 1.29 is 9.53 Å². The van der Waals surface area contributed by atoms with Crippen molar-refractivity contribution in [3.05, 3.63) is 59.8 Å². The number of benzene rings is 1. The van der Waals surface area contributed by atoms with E-state index in [1.807, 2.05) is 35.2 Å². The van der Waals surface area contributed by atoms with Gasteiger partial charge in [-0.15, -0.1) is 0 Å². The van der Waals surface area contributed by atoms with Gasteiger partial charge < -0.3 is 15.4 Å². The molecule has 1 spiro atoms. The van der Waals surface area contributed by atoms with E-state index in [2.05, 4.69) is 32.9 Å². The number of carbonyl (C=O) groups is 1. The van der Waals surface area contributed by atoms with Crippen molar-refractivity contribution in [2.45, 2.75) is 52.2 Å². The van der Waals surface area contributed by atoms with Crippen molar-refractivity contribution >= 4 is 11.8 Å². The van der Waals surface area contributed by atoms with Crippen LogP contribution in [0.5, 0.6) is 0 Å². The second-order valence-corrected chi connectivity index (χ2v) is 8.76. The lowest BCUT2D eigenvalue weighted by molar-refractivity contribution is 0.0724.